The molecule has 2 N–H and O–H groups in total. The highest BCUT2D eigenvalue weighted by Gasteiger charge is 2.25. The number of aromatic amines is 1. The van der Waals surface area contributed by atoms with Crippen molar-refractivity contribution in [3.63, 3.8) is 0 Å². The molecule has 196 valence electrons. The van der Waals surface area contributed by atoms with Gasteiger partial charge < -0.3 is 15.2 Å². The fourth-order valence-corrected chi connectivity index (χ4v) is 5.78. The maximum Gasteiger partial charge on any atom is 0.305 e. The van der Waals surface area contributed by atoms with Crippen LogP contribution in [0, 0.1) is 12.8 Å². The van der Waals surface area contributed by atoms with Crippen molar-refractivity contribution in [2.24, 2.45) is 5.92 Å². The minimum Gasteiger partial charge on any atom is -0.339 e. The van der Waals surface area contributed by atoms with Gasteiger partial charge in [-0.15, -0.1) is 0 Å². The fourth-order valence-electron chi connectivity index (χ4n) is 5.00. The first-order valence-electron chi connectivity index (χ1n) is 13.1. The van der Waals surface area contributed by atoms with Crippen LogP contribution in [0.3, 0.4) is 0 Å². The molecule has 1 aliphatic rings. The molecule has 1 fully saturated rings. The molecular formula is C30H32N4O3S. The van der Waals surface area contributed by atoms with Crippen LogP contribution in [0.1, 0.15) is 70.1 Å². The number of thiazole rings is 1. The quantitative estimate of drug-likeness (QED) is 0.332. The number of H-pyrrole nitrogens is 1. The number of amides is 2. The van der Waals surface area contributed by atoms with E-state index in [4.69, 9.17) is 0 Å². The van der Waals surface area contributed by atoms with Crippen LogP contribution in [0.4, 0.5) is 5.69 Å². The third kappa shape index (κ3) is 5.70. The third-order valence-electron chi connectivity index (χ3n) is 7.14. The van der Waals surface area contributed by atoms with E-state index in [-0.39, 0.29) is 16.7 Å². The Morgan fingerprint density at radius 3 is 2.55 bits per heavy atom. The summed E-state index contributed by atoms with van der Waals surface area (Å²) in [4.78, 5) is 47.0. The van der Waals surface area contributed by atoms with Gasteiger partial charge in [0, 0.05) is 36.2 Å². The number of likely N-dealkylation sites (tertiary alicyclic amines) is 1. The molecule has 8 heteroatoms. The molecule has 3 heterocycles. The van der Waals surface area contributed by atoms with Crippen molar-refractivity contribution in [3.05, 3.63) is 92.3 Å². The van der Waals surface area contributed by atoms with E-state index in [1.807, 2.05) is 36.1 Å². The topological polar surface area (TPSA) is 95.2 Å². The van der Waals surface area contributed by atoms with Crippen molar-refractivity contribution >= 4 is 39.1 Å². The minimum absolute atomic E-state index is 0.0297. The number of aryl methyl sites for hydroxylation is 1. The number of benzene rings is 2. The van der Waals surface area contributed by atoms with Crippen LogP contribution in [0.15, 0.2) is 59.5 Å². The molecule has 38 heavy (non-hydrogen) atoms. The van der Waals surface area contributed by atoms with E-state index in [0.29, 0.717) is 41.7 Å². The van der Waals surface area contributed by atoms with Gasteiger partial charge in [-0.25, -0.2) is 0 Å². The number of hydrogen-bond donors (Lipinski definition) is 2. The van der Waals surface area contributed by atoms with Gasteiger partial charge in [0.05, 0.1) is 15.8 Å². The molecule has 0 saturated carbocycles. The Hall–Kier alpha value is -3.78. The lowest BCUT2D eigenvalue weighted by atomic mass is 9.89. The van der Waals surface area contributed by atoms with Crippen molar-refractivity contribution in [3.8, 4) is 0 Å². The molecule has 0 unspecified atom stereocenters. The van der Waals surface area contributed by atoms with Crippen molar-refractivity contribution in [2.45, 2.75) is 46.0 Å². The molecule has 4 aromatic rings. The first kappa shape index (κ1) is 25.9. The molecule has 2 amide bonds. The Balaban J connectivity index is 1.23. The highest BCUT2D eigenvalue weighted by Crippen LogP contribution is 2.31. The summed E-state index contributed by atoms with van der Waals surface area (Å²) in [6.07, 6.45) is 4.21. The SMILES string of the molecule is Cc1ccc(C(=O)N2CCC(c3ccc4[nH]c(=O)sc4c3)CC2)cc1NC(=O)c1ccc(CC(C)C)nc1. The monoisotopic (exact) mass is 528 g/mol. The summed E-state index contributed by atoms with van der Waals surface area (Å²) in [6, 6.07) is 15.3. The van der Waals surface area contributed by atoms with Crippen LogP contribution >= 0.6 is 11.3 Å². The Morgan fingerprint density at radius 1 is 1.08 bits per heavy atom. The summed E-state index contributed by atoms with van der Waals surface area (Å²) in [5, 5.41) is 2.96. The average Bonchev–Trinajstić information content (AvgIpc) is 3.29. The Bertz CT molecular complexity index is 1530. The Labute approximate surface area is 225 Å². The van der Waals surface area contributed by atoms with E-state index < -0.39 is 0 Å². The Morgan fingerprint density at radius 2 is 1.84 bits per heavy atom. The molecule has 0 spiro atoms. The van der Waals surface area contributed by atoms with Crippen molar-refractivity contribution in [1.82, 2.24) is 14.9 Å². The first-order valence-corrected chi connectivity index (χ1v) is 13.9. The number of piperidine rings is 1. The van der Waals surface area contributed by atoms with Crippen molar-refractivity contribution in [1.29, 1.82) is 0 Å². The van der Waals surface area contributed by atoms with Gasteiger partial charge in [-0.1, -0.05) is 37.3 Å². The van der Waals surface area contributed by atoms with E-state index in [1.165, 1.54) is 16.9 Å². The summed E-state index contributed by atoms with van der Waals surface area (Å²) >= 11 is 1.23. The normalized spacial score (nSPS) is 14.3. The number of fused-ring (bicyclic) bond motifs is 1. The van der Waals surface area contributed by atoms with E-state index in [0.717, 1.165) is 40.7 Å². The molecule has 0 radical (unpaired) electrons. The molecule has 2 aromatic carbocycles. The fraction of sp³-hybridized carbons (Fsp3) is 0.333. The molecule has 5 rings (SSSR count). The van der Waals surface area contributed by atoms with Gasteiger partial charge in [0.15, 0.2) is 0 Å². The molecule has 1 aliphatic heterocycles. The second kappa shape index (κ2) is 10.9. The number of carbonyl (C=O) groups excluding carboxylic acids is 2. The number of carbonyl (C=O) groups is 2. The molecular weight excluding hydrogens is 496 g/mol. The number of hydrogen-bond acceptors (Lipinski definition) is 5. The molecule has 7 nitrogen and oxygen atoms in total. The third-order valence-corrected chi connectivity index (χ3v) is 7.98. The number of nitrogens with zero attached hydrogens (tertiary/aromatic N) is 2. The van der Waals surface area contributed by atoms with Crippen molar-refractivity contribution in [2.75, 3.05) is 18.4 Å². The average molecular weight is 529 g/mol. The maximum absolute atomic E-state index is 13.3. The predicted molar refractivity (Wildman–Crippen MR) is 152 cm³/mol. The summed E-state index contributed by atoms with van der Waals surface area (Å²) < 4.78 is 0.975. The number of anilines is 1. The van der Waals surface area contributed by atoms with E-state index in [1.54, 1.807) is 18.3 Å². The van der Waals surface area contributed by atoms with E-state index in [9.17, 15) is 14.4 Å². The van der Waals surface area contributed by atoms with Gasteiger partial charge in [0.1, 0.15) is 0 Å². The van der Waals surface area contributed by atoms with Gasteiger partial charge >= 0.3 is 4.87 Å². The van der Waals surface area contributed by atoms with Gasteiger partial charge in [0.25, 0.3) is 11.8 Å². The number of pyridine rings is 1. The molecule has 1 saturated heterocycles. The van der Waals surface area contributed by atoms with Crippen LogP contribution in [-0.2, 0) is 6.42 Å². The number of aromatic nitrogens is 2. The van der Waals surface area contributed by atoms with Crippen LogP contribution in [-0.4, -0.2) is 39.8 Å². The van der Waals surface area contributed by atoms with Crippen molar-refractivity contribution < 1.29 is 9.59 Å². The van der Waals surface area contributed by atoms with Gasteiger partial charge in [-0.3, -0.25) is 19.4 Å². The van der Waals surface area contributed by atoms with Gasteiger partial charge in [0.2, 0.25) is 0 Å². The molecule has 2 aromatic heterocycles. The number of nitrogens with one attached hydrogen (secondary N) is 2. The second-order valence-corrected chi connectivity index (χ2v) is 11.5. The van der Waals surface area contributed by atoms with Gasteiger partial charge in [-0.2, -0.15) is 0 Å². The van der Waals surface area contributed by atoms with Crippen LogP contribution in [0.25, 0.3) is 10.2 Å². The highest BCUT2D eigenvalue weighted by molar-refractivity contribution is 7.16. The lowest BCUT2D eigenvalue weighted by molar-refractivity contribution is 0.0712. The number of rotatable bonds is 6. The van der Waals surface area contributed by atoms with E-state index >= 15 is 0 Å². The lowest BCUT2D eigenvalue weighted by Crippen LogP contribution is -2.38. The van der Waals surface area contributed by atoms with E-state index in [2.05, 4.69) is 41.3 Å². The molecule has 0 aliphatic carbocycles. The van der Waals surface area contributed by atoms with Crippen LogP contribution in [0.5, 0.6) is 0 Å². The lowest BCUT2D eigenvalue weighted by Gasteiger charge is -2.32. The molecule has 0 bridgehead atoms. The first-order chi connectivity index (χ1) is 18.3. The largest absolute Gasteiger partial charge is 0.339 e. The summed E-state index contributed by atoms with van der Waals surface area (Å²) in [5.41, 5.74) is 5.62. The van der Waals surface area contributed by atoms with Crippen LogP contribution in [0.2, 0.25) is 0 Å². The summed E-state index contributed by atoms with van der Waals surface area (Å²) in [7, 11) is 0. The zero-order valence-corrected chi connectivity index (χ0v) is 22.7. The highest BCUT2D eigenvalue weighted by atomic mass is 32.1. The summed E-state index contributed by atoms with van der Waals surface area (Å²) in [5.74, 6) is 0.581. The Kier molecular flexibility index (Phi) is 7.42. The summed E-state index contributed by atoms with van der Waals surface area (Å²) in [6.45, 7) is 7.51. The zero-order chi connectivity index (χ0) is 26.8. The standard InChI is InChI=1S/C30H32N4O3S/c1-18(2)14-24-8-6-23(17-31-24)28(35)32-26-15-22(5-4-19(26)3)29(36)34-12-10-20(11-13-34)21-7-9-25-27(16-21)38-30(37)33-25/h4-9,15-18,20H,10-14H2,1-3H3,(H,32,35)(H,33,37). The zero-order valence-electron chi connectivity index (χ0n) is 21.9. The predicted octanol–water partition coefficient (Wildman–Crippen LogP) is 5.76. The second-order valence-electron chi connectivity index (χ2n) is 10.5. The van der Waals surface area contributed by atoms with Gasteiger partial charge in [-0.05, 0) is 85.5 Å². The minimum atomic E-state index is -0.244. The maximum atomic E-state index is 13.3. The smallest absolute Gasteiger partial charge is 0.305 e. The molecule has 0 atom stereocenters. The van der Waals surface area contributed by atoms with Crippen LogP contribution < -0.4 is 10.2 Å².